The number of benzene rings is 1. The van der Waals surface area contributed by atoms with Crippen molar-refractivity contribution >= 4 is 5.69 Å². The topological polar surface area (TPSA) is 42.1 Å². The molecule has 0 saturated heterocycles. The Kier molecular flexibility index (Phi) is 4.74. The van der Waals surface area contributed by atoms with Gasteiger partial charge in [-0.1, -0.05) is 36.8 Å². The van der Waals surface area contributed by atoms with E-state index in [4.69, 9.17) is 5.73 Å². The summed E-state index contributed by atoms with van der Waals surface area (Å²) in [4.78, 5) is 6.65. The van der Waals surface area contributed by atoms with Crippen molar-refractivity contribution in [1.82, 2.24) is 4.98 Å². The smallest absolute Gasteiger partial charge is 0.0572 e. The zero-order valence-corrected chi connectivity index (χ0v) is 12.5. The summed E-state index contributed by atoms with van der Waals surface area (Å²) in [6.07, 6.45) is 2.81. The molecule has 1 aromatic heterocycles. The van der Waals surface area contributed by atoms with Crippen LogP contribution in [0.5, 0.6) is 0 Å². The van der Waals surface area contributed by atoms with Gasteiger partial charge in [-0.05, 0) is 31.0 Å². The fourth-order valence-corrected chi connectivity index (χ4v) is 2.11. The summed E-state index contributed by atoms with van der Waals surface area (Å²) < 4.78 is 0. The van der Waals surface area contributed by atoms with Crippen LogP contribution in [0, 0.1) is 6.92 Å². The molecule has 0 spiro atoms. The Labute approximate surface area is 121 Å². The molecule has 106 valence electrons. The lowest BCUT2D eigenvalue weighted by atomic mass is 10.1. The maximum Gasteiger partial charge on any atom is 0.0572 e. The van der Waals surface area contributed by atoms with E-state index in [0.717, 1.165) is 24.3 Å². The third-order valence-electron chi connectivity index (χ3n) is 3.57. The molecule has 0 bridgehead atoms. The van der Waals surface area contributed by atoms with Crippen LogP contribution in [0.2, 0.25) is 0 Å². The molecule has 3 nitrogen and oxygen atoms in total. The number of nitrogens with zero attached hydrogens (tertiary/aromatic N) is 2. The van der Waals surface area contributed by atoms with E-state index < -0.39 is 0 Å². The Bertz CT molecular complexity index is 531. The molecule has 0 aliphatic rings. The van der Waals surface area contributed by atoms with Gasteiger partial charge in [-0.15, -0.1) is 0 Å². The van der Waals surface area contributed by atoms with Crippen LogP contribution in [0.25, 0.3) is 0 Å². The second-order valence-corrected chi connectivity index (χ2v) is 5.30. The van der Waals surface area contributed by atoms with Crippen LogP contribution in [0.4, 0.5) is 5.69 Å². The van der Waals surface area contributed by atoms with Gasteiger partial charge in [0.15, 0.2) is 0 Å². The van der Waals surface area contributed by atoms with Crippen molar-refractivity contribution in [2.45, 2.75) is 32.9 Å². The van der Waals surface area contributed by atoms with Crippen molar-refractivity contribution in [3.05, 3.63) is 59.4 Å². The number of nitrogens with two attached hydrogens (primary N) is 1. The fourth-order valence-electron chi connectivity index (χ4n) is 2.11. The van der Waals surface area contributed by atoms with Crippen molar-refractivity contribution in [2.75, 3.05) is 11.9 Å². The number of aryl methyl sites for hydroxylation is 1. The molecule has 0 aliphatic carbocycles. The number of pyridine rings is 1. The van der Waals surface area contributed by atoms with Gasteiger partial charge in [-0.2, -0.15) is 0 Å². The lowest BCUT2D eigenvalue weighted by Gasteiger charge is -2.20. The standard InChI is InChI=1S/C17H23N3/c1-4-16(18)17-10-9-15(11-19-17)20(3)12-14-7-5-13(2)6-8-14/h5-11,16H,4,12,18H2,1-3H3. The van der Waals surface area contributed by atoms with Crippen LogP contribution in [0.15, 0.2) is 42.6 Å². The zero-order valence-electron chi connectivity index (χ0n) is 12.5. The molecule has 1 aromatic carbocycles. The van der Waals surface area contributed by atoms with Crippen molar-refractivity contribution in [1.29, 1.82) is 0 Å². The Morgan fingerprint density at radius 3 is 2.40 bits per heavy atom. The maximum absolute atomic E-state index is 5.98. The van der Waals surface area contributed by atoms with Crippen LogP contribution in [-0.4, -0.2) is 12.0 Å². The van der Waals surface area contributed by atoms with E-state index in [1.165, 1.54) is 11.1 Å². The van der Waals surface area contributed by atoms with Crippen LogP contribution in [0.3, 0.4) is 0 Å². The molecular weight excluding hydrogens is 246 g/mol. The predicted molar refractivity (Wildman–Crippen MR) is 84.7 cm³/mol. The SMILES string of the molecule is CCC(N)c1ccc(N(C)Cc2ccc(C)cc2)cn1. The van der Waals surface area contributed by atoms with E-state index in [9.17, 15) is 0 Å². The van der Waals surface area contributed by atoms with Crippen molar-refractivity contribution in [3.8, 4) is 0 Å². The molecule has 3 heteroatoms. The van der Waals surface area contributed by atoms with Crippen LogP contribution >= 0.6 is 0 Å². The molecule has 20 heavy (non-hydrogen) atoms. The number of hydrogen-bond donors (Lipinski definition) is 1. The molecule has 0 saturated carbocycles. The average Bonchev–Trinajstić information content (AvgIpc) is 2.49. The number of aromatic nitrogens is 1. The predicted octanol–water partition coefficient (Wildman–Crippen LogP) is 3.44. The number of anilines is 1. The van der Waals surface area contributed by atoms with Gasteiger partial charge in [-0.3, -0.25) is 4.98 Å². The second-order valence-electron chi connectivity index (χ2n) is 5.30. The zero-order chi connectivity index (χ0) is 14.5. The van der Waals surface area contributed by atoms with E-state index in [0.29, 0.717) is 0 Å². The van der Waals surface area contributed by atoms with Crippen LogP contribution in [-0.2, 0) is 6.54 Å². The molecule has 0 radical (unpaired) electrons. The minimum absolute atomic E-state index is 0.0338. The third-order valence-corrected chi connectivity index (χ3v) is 3.57. The van der Waals surface area contributed by atoms with E-state index in [1.54, 1.807) is 0 Å². The van der Waals surface area contributed by atoms with Crippen molar-refractivity contribution < 1.29 is 0 Å². The Morgan fingerprint density at radius 2 is 1.85 bits per heavy atom. The van der Waals surface area contributed by atoms with E-state index in [1.807, 2.05) is 12.3 Å². The Morgan fingerprint density at radius 1 is 1.15 bits per heavy atom. The minimum atomic E-state index is 0.0338. The summed E-state index contributed by atoms with van der Waals surface area (Å²) in [5.41, 5.74) is 10.6. The Balaban J connectivity index is 2.05. The second kappa shape index (κ2) is 6.53. The van der Waals surface area contributed by atoms with Gasteiger partial charge >= 0.3 is 0 Å². The number of rotatable bonds is 5. The van der Waals surface area contributed by atoms with Gasteiger partial charge in [0.2, 0.25) is 0 Å². The minimum Gasteiger partial charge on any atom is -0.369 e. The number of hydrogen-bond acceptors (Lipinski definition) is 3. The van der Waals surface area contributed by atoms with Gasteiger partial charge in [-0.25, -0.2) is 0 Å². The first-order valence-electron chi connectivity index (χ1n) is 7.08. The molecule has 1 unspecified atom stereocenters. The van der Waals surface area contributed by atoms with E-state index in [2.05, 4.69) is 61.1 Å². The lowest BCUT2D eigenvalue weighted by molar-refractivity contribution is 0.675. The Hall–Kier alpha value is -1.87. The highest BCUT2D eigenvalue weighted by Crippen LogP contribution is 2.18. The highest BCUT2D eigenvalue weighted by molar-refractivity contribution is 5.44. The summed E-state index contributed by atoms with van der Waals surface area (Å²) in [5, 5.41) is 0. The molecule has 1 atom stereocenters. The van der Waals surface area contributed by atoms with E-state index in [-0.39, 0.29) is 6.04 Å². The molecule has 0 aliphatic heterocycles. The van der Waals surface area contributed by atoms with Crippen LogP contribution < -0.4 is 10.6 Å². The van der Waals surface area contributed by atoms with Crippen molar-refractivity contribution in [3.63, 3.8) is 0 Å². The van der Waals surface area contributed by atoms with Crippen LogP contribution in [0.1, 0.15) is 36.2 Å². The van der Waals surface area contributed by atoms with Gasteiger partial charge in [0.1, 0.15) is 0 Å². The normalized spacial score (nSPS) is 12.2. The fraction of sp³-hybridized carbons (Fsp3) is 0.353. The van der Waals surface area contributed by atoms with Gasteiger partial charge in [0, 0.05) is 19.6 Å². The van der Waals surface area contributed by atoms with Gasteiger partial charge in [0.05, 0.1) is 17.6 Å². The first-order valence-corrected chi connectivity index (χ1v) is 7.08. The highest BCUT2D eigenvalue weighted by Gasteiger charge is 2.07. The summed E-state index contributed by atoms with van der Waals surface area (Å²) in [6, 6.07) is 12.8. The molecular formula is C17H23N3. The lowest BCUT2D eigenvalue weighted by Crippen LogP contribution is -2.17. The molecule has 2 aromatic rings. The van der Waals surface area contributed by atoms with Gasteiger partial charge < -0.3 is 10.6 Å². The van der Waals surface area contributed by atoms with Crippen molar-refractivity contribution in [2.24, 2.45) is 5.73 Å². The third kappa shape index (κ3) is 3.58. The molecule has 1 heterocycles. The first kappa shape index (κ1) is 14.5. The largest absolute Gasteiger partial charge is 0.369 e. The maximum atomic E-state index is 5.98. The molecule has 0 fully saturated rings. The van der Waals surface area contributed by atoms with E-state index >= 15 is 0 Å². The van der Waals surface area contributed by atoms with Gasteiger partial charge in [0.25, 0.3) is 0 Å². The average molecular weight is 269 g/mol. The summed E-state index contributed by atoms with van der Waals surface area (Å²) >= 11 is 0. The highest BCUT2D eigenvalue weighted by atomic mass is 15.1. The molecule has 2 rings (SSSR count). The summed E-state index contributed by atoms with van der Waals surface area (Å²) in [7, 11) is 2.08. The summed E-state index contributed by atoms with van der Waals surface area (Å²) in [6.45, 7) is 5.05. The molecule has 2 N–H and O–H groups in total. The quantitative estimate of drug-likeness (QED) is 0.904. The first-order chi connectivity index (χ1) is 9.60. The summed E-state index contributed by atoms with van der Waals surface area (Å²) in [5.74, 6) is 0. The molecule has 0 amide bonds. The monoisotopic (exact) mass is 269 g/mol.